The van der Waals surface area contributed by atoms with Gasteiger partial charge in [-0.3, -0.25) is 9.69 Å². The summed E-state index contributed by atoms with van der Waals surface area (Å²) in [5, 5.41) is 2.71. The van der Waals surface area contributed by atoms with Gasteiger partial charge in [0.25, 0.3) is 0 Å². The molecule has 0 fully saturated rings. The molecule has 1 amide bonds. The van der Waals surface area contributed by atoms with Crippen molar-refractivity contribution in [3.05, 3.63) is 83.9 Å². The third-order valence-electron chi connectivity index (χ3n) is 5.82. The van der Waals surface area contributed by atoms with Crippen LogP contribution in [0.3, 0.4) is 0 Å². The highest BCUT2D eigenvalue weighted by atomic mass is 32.1. The highest BCUT2D eigenvalue weighted by molar-refractivity contribution is 7.14. The Morgan fingerprint density at radius 3 is 2.41 bits per heavy atom. The molecule has 0 spiro atoms. The van der Waals surface area contributed by atoms with Gasteiger partial charge in [0.2, 0.25) is 11.8 Å². The fraction of sp³-hybridized carbons (Fsp3) is 0.250. The van der Waals surface area contributed by atoms with Crippen LogP contribution < -0.4 is 9.64 Å². The summed E-state index contributed by atoms with van der Waals surface area (Å²) in [6.45, 7) is 4.59. The van der Waals surface area contributed by atoms with E-state index in [1.54, 1.807) is 4.90 Å². The Kier molecular flexibility index (Phi) is 7.70. The number of nitrogens with zero attached hydrogens (tertiary/aromatic N) is 3. The highest BCUT2D eigenvalue weighted by Crippen LogP contribution is 2.35. The molecule has 0 N–H and O–H groups in total. The molecule has 174 valence electrons. The molecule has 0 aliphatic carbocycles. The van der Waals surface area contributed by atoms with Crippen molar-refractivity contribution in [3.8, 4) is 28.3 Å². The molecule has 0 bridgehead atoms. The van der Waals surface area contributed by atoms with E-state index in [1.165, 1.54) is 16.9 Å². The normalized spacial score (nSPS) is 11.7. The Balaban J connectivity index is 1.56. The van der Waals surface area contributed by atoms with Gasteiger partial charge >= 0.3 is 0 Å². The average molecular weight is 472 g/mol. The van der Waals surface area contributed by atoms with E-state index in [-0.39, 0.29) is 11.8 Å². The maximum atomic E-state index is 13.3. The van der Waals surface area contributed by atoms with Gasteiger partial charge in [-0.2, -0.15) is 0 Å². The summed E-state index contributed by atoms with van der Waals surface area (Å²) in [6.07, 6.45) is 3.33. The van der Waals surface area contributed by atoms with E-state index in [0.717, 1.165) is 35.2 Å². The number of thiazole rings is 1. The zero-order chi connectivity index (χ0) is 23.9. The predicted octanol–water partition coefficient (Wildman–Crippen LogP) is 6.50. The number of hydrogen-bond donors (Lipinski definition) is 0. The van der Waals surface area contributed by atoms with Crippen molar-refractivity contribution in [2.24, 2.45) is 5.92 Å². The molecule has 1 atom stereocenters. The molecule has 5 nitrogen and oxygen atoms in total. The van der Waals surface area contributed by atoms with Gasteiger partial charge in [-0.15, -0.1) is 11.3 Å². The first-order valence-corrected chi connectivity index (χ1v) is 12.4. The number of rotatable bonds is 9. The molecule has 34 heavy (non-hydrogen) atoms. The Hall–Kier alpha value is -3.51. The number of carbonyl (C=O) groups is 1. The van der Waals surface area contributed by atoms with E-state index in [4.69, 9.17) is 9.72 Å². The molecule has 0 saturated heterocycles. The van der Waals surface area contributed by atoms with Gasteiger partial charge in [0.05, 0.1) is 12.3 Å². The van der Waals surface area contributed by atoms with Crippen LogP contribution in [-0.2, 0) is 11.2 Å². The fourth-order valence-corrected chi connectivity index (χ4v) is 4.74. The molecule has 2 aromatic heterocycles. The Morgan fingerprint density at radius 1 is 1.00 bits per heavy atom. The summed E-state index contributed by atoms with van der Waals surface area (Å²) >= 11 is 1.49. The summed E-state index contributed by atoms with van der Waals surface area (Å²) in [5.74, 6) is 0.624. The lowest BCUT2D eigenvalue weighted by molar-refractivity contribution is -0.122. The molecule has 0 unspecified atom stereocenters. The standard InChI is InChI=1S/C28H29N3O2S/c1-4-21(17-20-11-7-6-8-12-20)27(32)31(3)28-30-25(19-34-28)24-14-10-9-13-23(24)22-15-16-26(29-18-22)33-5-2/h6-16,18-19,21H,4-5,17H2,1-3H3/t21-/m1/s1. The summed E-state index contributed by atoms with van der Waals surface area (Å²) < 4.78 is 5.47. The molecule has 0 aliphatic rings. The third-order valence-corrected chi connectivity index (χ3v) is 6.74. The first kappa shape index (κ1) is 23.6. The second-order valence-electron chi connectivity index (χ2n) is 8.07. The quantitative estimate of drug-likeness (QED) is 0.279. The summed E-state index contributed by atoms with van der Waals surface area (Å²) in [4.78, 5) is 24.2. The SMILES string of the molecule is CCOc1ccc(-c2ccccc2-c2csc(N(C)C(=O)[C@H](CC)Cc3ccccc3)n2)cn1. The van der Waals surface area contributed by atoms with Crippen molar-refractivity contribution in [2.45, 2.75) is 26.7 Å². The number of ether oxygens (including phenoxy) is 1. The molecule has 6 heteroatoms. The summed E-state index contributed by atoms with van der Waals surface area (Å²) in [7, 11) is 1.82. The monoisotopic (exact) mass is 471 g/mol. The lowest BCUT2D eigenvalue weighted by atomic mass is 9.96. The van der Waals surface area contributed by atoms with E-state index >= 15 is 0 Å². The maximum Gasteiger partial charge on any atom is 0.231 e. The second-order valence-corrected chi connectivity index (χ2v) is 8.91. The first-order chi connectivity index (χ1) is 16.6. The highest BCUT2D eigenvalue weighted by Gasteiger charge is 2.24. The second kappa shape index (κ2) is 11.1. The Labute approximate surface area is 205 Å². The van der Waals surface area contributed by atoms with E-state index in [1.807, 2.05) is 68.0 Å². The minimum atomic E-state index is -0.0815. The van der Waals surface area contributed by atoms with Crippen LogP contribution in [0.25, 0.3) is 22.4 Å². The van der Waals surface area contributed by atoms with Crippen molar-refractivity contribution in [1.29, 1.82) is 0 Å². The number of aromatic nitrogens is 2. The van der Waals surface area contributed by atoms with Crippen LogP contribution >= 0.6 is 11.3 Å². The van der Waals surface area contributed by atoms with Gasteiger partial charge in [-0.05, 0) is 37.0 Å². The number of carbonyl (C=O) groups excluding carboxylic acids is 1. The van der Waals surface area contributed by atoms with Crippen molar-refractivity contribution in [3.63, 3.8) is 0 Å². The van der Waals surface area contributed by atoms with Gasteiger partial charge in [-0.1, -0.05) is 61.5 Å². The van der Waals surface area contributed by atoms with Crippen LogP contribution in [0.4, 0.5) is 5.13 Å². The van der Waals surface area contributed by atoms with E-state index in [2.05, 4.69) is 36.2 Å². The van der Waals surface area contributed by atoms with Crippen LogP contribution in [-0.4, -0.2) is 29.5 Å². The molecule has 4 aromatic rings. The maximum absolute atomic E-state index is 13.3. The molecule has 0 saturated carbocycles. The largest absolute Gasteiger partial charge is 0.478 e. The minimum Gasteiger partial charge on any atom is -0.478 e. The van der Waals surface area contributed by atoms with Crippen molar-refractivity contribution in [2.75, 3.05) is 18.6 Å². The van der Waals surface area contributed by atoms with E-state index in [0.29, 0.717) is 17.6 Å². The molecular formula is C28H29N3O2S. The smallest absolute Gasteiger partial charge is 0.231 e. The Bertz CT molecular complexity index is 1220. The zero-order valence-electron chi connectivity index (χ0n) is 19.8. The summed E-state index contributed by atoms with van der Waals surface area (Å²) in [6, 6.07) is 22.2. The number of anilines is 1. The third kappa shape index (κ3) is 5.34. The topological polar surface area (TPSA) is 55.3 Å². The van der Waals surface area contributed by atoms with Crippen molar-refractivity contribution >= 4 is 22.4 Å². The molecule has 2 heterocycles. The molecule has 2 aromatic carbocycles. The van der Waals surface area contributed by atoms with Crippen LogP contribution in [0.15, 0.2) is 78.3 Å². The van der Waals surface area contributed by atoms with Gasteiger partial charge in [0, 0.05) is 41.7 Å². The van der Waals surface area contributed by atoms with Gasteiger partial charge in [-0.25, -0.2) is 9.97 Å². The lowest BCUT2D eigenvalue weighted by Gasteiger charge is -2.21. The zero-order valence-corrected chi connectivity index (χ0v) is 20.6. The lowest BCUT2D eigenvalue weighted by Crippen LogP contribution is -2.33. The van der Waals surface area contributed by atoms with Crippen LogP contribution in [0.1, 0.15) is 25.8 Å². The number of hydrogen-bond acceptors (Lipinski definition) is 5. The number of benzene rings is 2. The minimum absolute atomic E-state index is 0.0815. The molecule has 0 aliphatic heterocycles. The molecule has 0 radical (unpaired) electrons. The van der Waals surface area contributed by atoms with Crippen LogP contribution in [0, 0.1) is 5.92 Å². The van der Waals surface area contributed by atoms with Gasteiger partial charge in [0.15, 0.2) is 5.13 Å². The van der Waals surface area contributed by atoms with E-state index in [9.17, 15) is 4.79 Å². The number of pyridine rings is 1. The van der Waals surface area contributed by atoms with Crippen molar-refractivity contribution in [1.82, 2.24) is 9.97 Å². The Morgan fingerprint density at radius 2 is 1.74 bits per heavy atom. The van der Waals surface area contributed by atoms with Crippen LogP contribution in [0.2, 0.25) is 0 Å². The van der Waals surface area contributed by atoms with Gasteiger partial charge < -0.3 is 4.74 Å². The number of amides is 1. The van der Waals surface area contributed by atoms with Crippen molar-refractivity contribution < 1.29 is 9.53 Å². The fourth-order valence-electron chi connectivity index (χ4n) is 3.95. The van der Waals surface area contributed by atoms with Crippen LogP contribution in [0.5, 0.6) is 5.88 Å². The average Bonchev–Trinajstić information content (AvgIpc) is 3.38. The summed E-state index contributed by atoms with van der Waals surface area (Å²) in [5.41, 5.74) is 5.06. The van der Waals surface area contributed by atoms with E-state index < -0.39 is 0 Å². The van der Waals surface area contributed by atoms with Gasteiger partial charge in [0.1, 0.15) is 0 Å². The predicted molar refractivity (Wildman–Crippen MR) is 139 cm³/mol. The molecular weight excluding hydrogens is 442 g/mol. The first-order valence-electron chi connectivity index (χ1n) is 11.6. The molecule has 4 rings (SSSR count).